The fourth-order valence-electron chi connectivity index (χ4n) is 7.86. The molecule has 6 rings (SSSR count). The summed E-state index contributed by atoms with van der Waals surface area (Å²) in [5.41, 5.74) is 1.70. The highest BCUT2D eigenvalue weighted by molar-refractivity contribution is 8.02. The third kappa shape index (κ3) is 4.63. The fourth-order valence-corrected chi connectivity index (χ4v) is 10.3. The third-order valence-electron chi connectivity index (χ3n) is 9.65. The molecule has 0 radical (unpaired) electrons. The number of carbonyl (C=O) groups is 3. The lowest BCUT2D eigenvalue weighted by Crippen LogP contribution is -2.60. The molecule has 7 nitrogen and oxygen atoms in total. The Morgan fingerprint density at radius 3 is 2.38 bits per heavy atom. The second-order valence-electron chi connectivity index (χ2n) is 12.0. The highest BCUT2D eigenvalue weighted by atomic mass is 32.2. The van der Waals surface area contributed by atoms with Gasteiger partial charge in [-0.2, -0.15) is 0 Å². The van der Waals surface area contributed by atoms with Gasteiger partial charge in [-0.3, -0.25) is 14.4 Å². The second kappa shape index (κ2) is 11.2. The van der Waals surface area contributed by atoms with Gasteiger partial charge in [-0.05, 0) is 49.3 Å². The van der Waals surface area contributed by atoms with E-state index < -0.39 is 28.7 Å². The Bertz CT molecular complexity index is 1240. The number of hydrogen-bond donors (Lipinski definition) is 3. The number of likely N-dealkylation sites (tertiary alicyclic amines) is 1. The lowest BCUT2D eigenvalue weighted by molar-refractivity contribution is -0.142. The molecule has 1 spiro atoms. The normalized spacial score (nSPS) is 32.1. The molecule has 7 atom stereocenters. The number of nitrogens with one attached hydrogen (secondary N) is 2. The first kappa shape index (κ1) is 27.3. The van der Waals surface area contributed by atoms with E-state index in [4.69, 9.17) is 0 Å². The van der Waals surface area contributed by atoms with Crippen molar-refractivity contribution < 1.29 is 19.5 Å². The van der Waals surface area contributed by atoms with Crippen LogP contribution in [-0.4, -0.2) is 62.5 Å². The number of thioether (sulfide) groups is 1. The van der Waals surface area contributed by atoms with Gasteiger partial charge in [0.05, 0.1) is 29.2 Å². The maximum absolute atomic E-state index is 14.5. The van der Waals surface area contributed by atoms with Gasteiger partial charge in [-0.25, -0.2) is 0 Å². The number of para-hydroxylation sites is 1. The van der Waals surface area contributed by atoms with Crippen LogP contribution in [0.1, 0.15) is 51.0 Å². The predicted molar refractivity (Wildman–Crippen MR) is 157 cm³/mol. The Morgan fingerprint density at radius 2 is 1.70 bits per heavy atom. The van der Waals surface area contributed by atoms with Crippen molar-refractivity contribution >= 4 is 35.2 Å². The summed E-state index contributed by atoms with van der Waals surface area (Å²) in [5.74, 6) is -1.51. The smallest absolute Gasteiger partial charge is 0.244 e. The van der Waals surface area contributed by atoms with E-state index >= 15 is 0 Å². The van der Waals surface area contributed by atoms with Gasteiger partial charge < -0.3 is 20.6 Å². The van der Waals surface area contributed by atoms with Crippen LogP contribution < -0.4 is 10.6 Å². The molecule has 4 aliphatic rings. The molecule has 3 aliphatic heterocycles. The van der Waals surface area contributed by atoms with Crippen molar-refractivity contribution in [1.29, 1.82) is 0 Å². The highest BCUT2D eigenvalue weighted by Gasteiger charge is 2.76. The van der Waals surface area contributed by atoms with Crippen LogP contribution in [0, 0.1) is 17.8 Å². The number of hydrogen-bond acceptors (Lipinski definition) is 5. The number of nitrogens with zero attached hydrogens (tertiary/aromatic N) is 1. The van der Waals surface area contributed by atoms with Gasteiger partial charge >= 0.3 is 0 Å². The van der Waals surface area contributed by atoms with Crippen LogP contribution in [0.5, 0.6) is 0 Å². The molecule has 40 heavy (non-hydrogen) atoms. The van der Waals surface area contributed by atoms with Crippen molar-refractivity contribution in [2.75, 3.05) is 11.9 Å². The lowest BCUT2D eigenvalue weighted by atomic mass is 9.65. The standard InChI is InChI=1S/C32H39N3O4S/c1-20-17-25-26(29(37)33-22-13-7-3-8-14-22)27-31(39)35(24(19-36)18-21-11-5-2-6-12-21)28(32(20,27)40-25)30(38)34-23-15-9-4-10-16-23/h2-3,5-8,11-14,20,23-28,36H,4,9-10,15-19H2,1H3,(H,33,37)(H,34,38)/t20?,24-,25-,26+,27+,28?,32?/m1/s1. The number of fused-ring (bicyclic) bond motifs is 1. The molecular formula is C32H39N3O4S. The average Bonchev–Trinajstić information content (AvgIpc) is 3.57. The van der Waals surface area contributed by atoms with Crippen LogP contribution in [0.15, 0.2) is 60.7 Å². The van der Waals surface area contributed by atoms with Crippen LogP contribution in [0.4, 0.5) is 5.69 Å². The summed E-state index contributed by atoms with van der Waals surface area (Å²) < 4.78 is -0.705. The zero-order chi connectivity index (χ0) is 27.9. The summed E-state index contributed by atoms with van der Waals surface area (Å²) in [6.45, 7) is 1.88. The van der Waals surface area contributed by atoms with E-state index in [9.17, 15) is 19.5 Å². The molecule has 2 aromatic rings. The Morgan fingerprint density at radius 1 is 1.02 bits per heavy atom. The summed E-state index contributed by atoms with van der Waals surface area (Å²) in [6, 6.07) is 18.0. The summed E-state index contributed by atoms with van der Waals surface area (Å²) in [6.07, 6.45) is 6.49. The molecular weight excluding hydrogens is 522 g/mol. The van der Waals surface area contributed by atoms with E-state index in [-0.39, 0.29) is 41.5 Å². The second-order valence-corrected chi connectivity index (χ2v) is 13.6. The van der Waals surface area contributed by atoms with Crippen molar-refractivity contribution in [2.45, 2.75) is 80.0 Å². The Labute approximate surface area is 240 Å². The minimum atomic E-state index is -0.729. The number of rotatable bonds is 8. The molecule has 4 fully saturated rings. The molecule has 3 N–H and O–H groups in total. The van der Waals surface area contributed by atoms with Gasteiger partial charge in [0.2, 0.25) is 17.7 Å². The maximum Gasteiger partial charge on any atom is 0.244 e. The Kier molecular flexibility index (Phi) is 7.66. The zero-order valence-electron chi connectivity index (χ0n) is 23.0. The molecule has 0 aromatic heterocycles. The van der Waals surface area contributed by atoms with Crippen molar-refractivity contribution in [3.8, 4) is 0 Å². The summed E-state index contributed by atoms with van der Waals surface area (Å²) in [7, 11) is 0. The molecule has 3 unspecified atom stereocenters. The minimum Gasteiger partial charge on any atom is -0.394 e. The largest absolute Gasteiger partial charge is 0.394 e. The van der Waals surface area contributed by atoms with Crippen LogP contribution in [0.25, 0.3) is 0 Å². The molecule has 8 heteroatoms. The number of aliphatic hydroxyl groups is 1. The van der Waals surface area contributed by atoms with Gasteiger partial charge in [0.1, 0.15) is 6.04 Å². The van der Waals surface area contributed by atoms with Gasteiger partial charge in [0.25, 0.3) is 0 Å². The van der Waals surface area contributed by atoms with E-state index in [1.54, 1.807) is 16.7 Å². The predicted octanol–water partition coefficient (Wildman–Crippen LogP) is 4.01. The maximum atomic E-state index is 14.5. The third-order valence-corrected chi connectivity index (χ3v) is 11.7. The highest BCUT2D eigenvalue weighted by Crippen LogP contribution is 2.68. The lowest BCUT2D eigenvalue weighted by Gasteiger charge is -2.41. The van der Waals surface area contributed by atoms with Crippen LogP contribution in [0.2, 0.25) is 0 Å². The Balaban J connectivity index is 1.37. The zero-order valence-corrected chi connectivity index (χ0v) is 23.8. The SMILES string of the molecule is CC1C[C@H]2SC13C(C(=O)NC1CCCCC1)N([C@@H](CO)Cc1ccccc1)C(=O)[C@@H]3[C@H]2C(=O)Nc1ccccc1. The minimum absolute atomic E-state index is 0.0264. The van der Waals surface area contributed by atoms with E-state index in [0.717, 1.165) is 37.7 Å². The Hall–Kier alpha value is -2.84. The van der Waals surface area contributed by atoms with Crippen LogP contribution in [-0.2, 0) is 20.8 Å². The van der Waals surface area contributed by atoms with Crippen molar-refractivity contribution in [1.82, 2.24) is 10.2 Å². The molecule has 212 valence electrons. The first-order valence-electron chi connectivity index (χ1n) is 14.7. The molecule has 1 aliphatic carbocycles. The first-order valence-corrected chi connectivity index (χ1v) is 15.6. The fraction of sp³-hybridized carbons (Fsp3) is 0.531. The quantitative estimate of drug-likeness (QED) is 0.452. The van der Waals surface area contributed by atoms with Crippen molar-refractivity contribution in [3.63, 3.8) is 0 Å². The molecule has 3 saturated heterocycles. The van der Waals surface area contributed by atoms with Crippen molar-refractivity contribution in [3.05, 3.63) is 66.2 Å². The van der Waals surface area contributed by atoms with Gasteiger partial charge in [0, 0.05) is 17.0 Å². The molecule has 2 aromatic carbocycles. The van der Waals surface area contributed by atoms with Crippen molar-refractivity contribution in [2.24, 2.45) is 17.8 Å². The summed E-state index contributed by atoms with van der Waals surface area (Å²) in [4.78, 5) is 44.3. The number of amides is 3. The van der Waals surface area contributed by atoms with Gasteiger partial charge in [0.15, 0.2) is 0 Å². The topological polar surface area (TPSA) is 98.7 Å². The number of anilines is 1. The van der Waals surface area contributed by atoms with E-state index in [1.165, 1.54) is 6.42 Å². The monoisotopic (exact) mass is 561 g/mol. The number of carbonyl (C=O) groups excluding carboxylic acids is 3. The first-order chi connectivity index (χ1) is 19.4. The molecule has 3 amide bonds. The number of benzene rings is 2. The molecule has 3 heterocycles. The van der Waals surface area contributed by atoms with E-state index in [2.05, 4.69) is 17.6 Å². The number of aliphatic hydroxyl groups excluding tert-OH is 1. The summed E-state index contributed by atoms with van der Waals surface area (Å²) >= 11 is 1.68. The van der Waals surface area contributed by atoms with E-state index in [0.29, 0.717) is 12.1 Å². The van der Waals surface area contributed by atoms with Gasteiger partial charge in [-0.15, -0.1) is 11.8 Å². The van der Waals surface area contributed by atoms with Crippen LogP contribution >= 0.6 is 11.8 Å². The average molecular weight is 562 g/mol. The van der Waals surface area contributed by atoms with E-state index in [1.807, 2.05) is 60.7 Å². The summed E-state index contributed by atoms with van der Waals surface area (Å²) in [5, 5.41) is 17.0. The van der Waals surface area contributed by atoms with Crippen LogP contribution in [0.3, 0.4) is 0 Å². The molecule has 2 bridgehead atoms. The molecule has 1 saturated carbocycles. The van der Waals surface area contributed by atoms with Gasteiger partial charge in [-0.1, -0.05) is 74.7 Å².